The maximum absolute atomic E-state index is 6.17. The molecule has 0 aromatic carbocycles. The minimum Gasteiger partial charge on any atom is -0.371 e. The highest BCUT2D eigenvalue weighted by molar-refractivity contribution is 7.07. The first kappa shape index (κ1) is 15.6. The number of ether oxygens (including phenoxy) is 1. The normalized spacial score (nSPS) is 15.9. The molecule has 4 nitrogen and oxygen atoms in total. The number of thiazole rings is 1. The predicted octanol–water partition coefficient (Wildman–Crippen LogP) is 2.11. The SMILES string of the molecule is C[C@@H](OC(C)(C)C)[C@H](N)CN(C)Cc1cscn1. The molecule has 0 aliphatic carbocycles. The number of hydrogen-bond acceptors (Lipinski definition) is 5. The highest BCUT2D eigenvalue weighted by atomic mass is 32.1. The van der Waals surface area contributed by atoms with Crippen molar-refractivity contribution >= 4 is 11.3 Å². The second-order valence-electron chi connectivity index (χ2n) is 5.78. The first-order valence-corrected chi connectivity index (χ1v) is 7.21. The number of likely N-dealkylation sites (N-methyl/N-ethyl adjacent to an activating group) is 1. The molecule has 104 valence electrons. The van der Waals surface area contributed by atoms with Crippen molar-refractivity contribution in [2.45, 2.75) is 52.0 Å². The number of nitrogens with two attached hydrogens (primary N) is 1. The minimum atomic E-state index is -0.148. The molecule has 0 bridgehead atoms. The fourth-order valence-electron chi connectivity index (χ4n) is 1.81. The van der Waals surface area contributed by atoms with E-state index >= 15 is 0 Å². The molecule has 5 heteroatoms. The minimum absolute atomic E-state index is 0.00728. The van der Waals surface area contributed by atoms with Crippen LogP contribution in [0.5, 0.6) is 0 Å². The van der Waals surface area contributed by atoms with E-state index in [1.165, 1.54) is 0 Å². The van der Waals surface area contributed by atoms with Crippen molar-refractivity contribution in [2.24, 2.45) is 5.73 Å². The Morgan fingerprint density at radius 2 is 2.17 bits per heavy atom. The van der Waals surface area contributed by atoms with E-state index in [0.29, 0.717) is 0 Å². The van der Waals surface area contributed by atoms with Crippen molar-refractivity contribution in [3.63, 3.8) is 0 Å². The molecule has 0 fully saturated rings. The number of nitrogens with zero attached hydrogens (tertiary/aromatic N) is 2. The fourth-order valence-corrected chi connectivity index (χ4v) is 2.36. The molecule has 0 aliphatic heterocycles. The highest BCUT2D eigenvalue weighted by Gasteiger charge is 2.21. The van der Waals surface area contributed by atoms with E-state index in [9.17, 15) is 0 Å². The van der Waals surface area contributed by atoms with E-state index in [0.717, 1.165) is 18.8 Å². The maximum atomic E-state index is 6.17. The number of aromatic nitrogens is 1. The predicted molar refractivity (Wildman–Crippen MR) is 76.7 cm³/mol. The van der Waals surface area contributed by atoms with Gasteiger partial charge in [0.15, 0.2) is 0 Å². The summed E-state index contributed by atoms with van der Waals surface area (Å²) in [6, 6.07) is 0.00728. The van der Waals surface area contributed by atoms with Crippen LogP contribution in [0.4, 0.5) is 0 Å². The Morgan fingerprint density at radius 3 is 2.67 bits per heavy atom. The average Bonchev–Trinajstić information content (AvgIpc) is 2.67. The topological polar surface area (TPSA) is 51.4 Å². The molecular formula is C13H25N3OS. The summed E-state index contributed by atoms with van der Waals surface area (Å²) in [6.45, 7) is 9.82. The lowest BCUT2D eigenvalue weighted by molar-refractivity contribution is -0.0641. The van der Waals surface area contributed by atoms with Gasteiger partial charge >= 0.3 is 0 Å². The summed E-state index contributed by atoms with van der Waals surface area (Å²) < 4.78 is 5.87. The standard InChI is InChI=1S/C13H25N3OS/c1-10(17-13(2,3)4)12(14)7-16(5)6-11-8-18-9-15-11/h8-10,12H,6-7,14H2,1-5H3/t10-,12-/m1/s1. The summed E-state index contributed by atoms with van der Waals surface area (Å²) >= 11 is 1.62. The van der Waals surface area contributed by atoms with Gasteiger partial charge in [0.1, 0.15) is 0 Å². The summed E-state index contributed by atoms with van der Waals surface area (Å²) in [7, 11) is 2.06. The van der Waals surface area contributed by atoms with Crippen LogP contribution in [-0.2, 0) is 11.3 Å². The molecule has 0 unspecified atom stereocenters. The van der Waals surface area contributed by atoms with Crippen LogP contribution in [0, 0.1) is 0 Å². The van der Waals surface area contributed by atoms with E-state index in [2.05, 4.69) is 43.1 Å². The van der Waals surface area contributed by atoms with Crippen molar-refractivity contribution < 1.29 is 4.74 Å². The summed E-state index contributed by atoms with van der Waals surface area (Å²) in [5.41, 5.74) is 8.97. The van der Waals surface area contributed by atoms with Crippen LogP contribution in [0.15, 0.2) is 10.9 Å². The molecule has 0 saturated carbocycles. The van der Waals surface area contributed by atoms with Gasteiger partial charge in [-0.3, -0.25) is 4.90 Å². The van der Waals surface area contributed by atoms with Crippen molar-refractivity contribution in [1.82, 2.24) is 9.88 Å². The number of hydrogen-bond donors (Lipinski definition) is 1. The van der Waals surface area contributed by atoms with Gasteiger partial charge in [0.2, 0.25) is 0 Å². The Hall–Kier alpha value is -0.490. The summed E-state index contributed by atoms with van der Waals surface area (Å²) in [4.78, 5) is 6.46. The molecular weight excluding hydrogens is 246 g/mol. The van der Waals surface area contributed by atoms with Crippen molar-refractivity contribution in [3.05, 3.63) is 16.6 Å². The Kier molecular flexibility index (Phi) is 5.72. The van der Waals surface area contributed by atoms with Gasteiger partial charge in [-0.25, -0.2) is 4.98 Å². The second kappa shape index (κ2) is 6.61. The molecule has 0 spiro atoms. The van der Waals surface area contributed by atoms with Crippen LogP contribution in [0.25, 0.3) is 0 Å². The molecule has 2 N–H and O–H groups in total. The second-order valence-corrected chi connectivity index (χ2v) is 6.49. The lowest BCUT2D eigenvalue weighted by Crippen LogP contribution is -2.46. The molecule has 0 saturated heterocycles. The molecule has 2 atom stereocenters. The quantitative estimate of drug-likeness (QED) is 0.861. The first-order valence-electron chi connectivity index (χ1n) is 6.27. The van der Waals surface area contributed by atoms with Gasteiger partial charge in [-0.1, -0.05) is 0 Å². The van der Waals surface area contributed by atoms with Crippen molar-refractivity contribution in [1.29, 1.82) is 0 Å². The zero-order chi connectivity index (χ0) is 13.8. The molecule has 1 aromatic heterocycles. The van der Waals surface area contributed by atoms with Gasteiger partial charge in [-0.15, -0.1) is 11.3 Å². The van der Waals surface area contributed by atoms with E-state index < -0.39 is 0 Å². The van der Waals surface area contributed by atoms with Gasteiger partial charge < -0.3 is 10.5 Å². The van der Waals surface area contributed by atoms with Crippen LogP contribution in [0.1, 0.15) is 33.4 Å². The van der Waals surface area contributed by atoms with Gasteiger partial charge in [0.05, 0.1) is 22.9 Å². The zero-order valence-electron chi connectivity index (χ0n) is 12.0. The van der Waals surface area contributed by atoms with Crippen LogP contribution in [0.3, 0.4) is 0 Å². The van der Waals surface area contributed by atoms with Crippen LogP contribution < -0.4 is 5.73 Å². The van der Waals surface area contributed by atoms with Crippen molar-refractivity contribution in [3.8, 4) is 0 Å². The van der Waals surface area contributed by atoms with E-state index in [4.69, 9.17) is 10.5 Å². The summed E-state index contributed by atoms with van der Waals surface area (Å²) in [5, 5.41) is 2.07. The molecule has 18 heavy (non-hydrogen) atoms. The first-order chi connectivity index (χ1) is 8.28. The lowest BCUT2D eigenvalue weighted by atomic mass is 10.1. The Balaban J connectivity index is 2.36. The Bertz CT molecular complexity index is 335. The summed E-state index contributed by atoms with van der Waals surface area (Å²) in [6.07, 6.45) is 0.0443. The maximum Gasteiger partial charge on any atom is 0.0795 e. The molecule has 1 aromatic rings. The van der Waals surface area contributed by atoms with Gasteiger partial charge in [-0.05, 0) is 34.7 Å². The zero-order valence-corrected chi connectivity index (χ0v) is 12.8. The van der Waals surface area contributed by atoms with E-state index in [-0.39, 0.29) is 17.7 Å². The highest BCUT2D eigenvalue weighted by Crippen LogP contribution is 2.13. The van der Waals surface area contributed by atoms with Gasteiger partial charge in [-0.2, -0.15) is 0 Å². The molecule has 0 amide bonds. The summed E-state index contributed by atoms with van der Waals surface area (Å²) in [5.74, 6) is 0. The van der Waals surface area contributed by atoms with Crippen LogP contribution in [-0.4, -0.2) is 41.2 Å². The molecule has 0 aliphatic rings. The van der Waals surface area contributed by atoms with Crippen LogP contribution >= 0.6 is 11.3 Å². The monoisotopic (exact) mass is 271 g/mol. The van der Waals surface area contributed by atoms with E-state index in [1.807, 2.05) is 12.4 Å². The molecule has 1 rings (SSSR count). The average molecular weight is 271 g/mol. The third-order valence-corrected chi connectivity index (χ3v) is 3.22. The Labute approximate surface area is 114 Å². The third-order valence-electron chi connectivity index (χ3n) is 2.58. The smallest absolute Gasteiger partial charge is 0.0795 e. The van der Waals surface area contributed by atoms with Gasteiger partial charge in [0.25, 0.3) is 0 Å². The molecule has 0 radical (unpaired) electrons. The van der Waals surface area contributed by atoms with Gasteiger partial charge in [0, 0.05) is 24.5 Å². The Morgan fingerprint density at radius 1 is 1.50 bits per heavy atom. The third kappa shape index (κ3) is 5.91. The van der Waals surface area contributed by atoms with Crippen molar-refractivity contribution in [2.75, 3.05) is 13.6 Å². The largest absolute Gasteiger partial charge is 0.371 e. The molecule has 1 heterocycles. The lowest BCUT2D eigenvalue weighted by Gasteiger charge is -2.31. The fraction of sp³-hybridized carbons (Fsp3) is 0.769. The van der Waals surface area contributed by atoms with E-state index in [1.54, 1.807) is 11.3 Å². The number of rotatable bonds is 6. The van der Waals surface area contributed by atoms with Crippen LogP contribution in [0.2, 0.25) is 0 Å².